The zero-order valence-corrected chi connectivity index (χ0v) is 13.9. The summed E-state index contributed by atoms with van der Waals surface area (Å²) in [5.74, 6) is 0.393. The minimum atomic E-state index is -0.221. The lowest BCUT2D eigenvalue weighted by Crippen LogP contribution is -2.44. The molecule has 2 N–H and O–H groups in total. The van der Waals surface area contributed by atoms with Crippen LogP contribution in [0.15, 0.2) is 12.4 Å². The molecule has 0 unspecified atom stereocenters. The minimum Gasteiger partial charge on any atom is -0.393 e. The predicted molar refractivity (Wildman–Crippen MR) is 87.7 cm³/mol. The van der Waals surface area contributed by atoms with Gasteiger partial charge in [-0.1, -0.05) is 12.8 Å². The van der Waals surface area contributed by atoms with Crippen molar-refractivity contribution in [3.63, 3.8) is 0 Å². The van der Waals surface area contributed by atoms with E-state index < -0.39 is 0 Å². The quantitative estimate of drug-likeness (QED) is 0.856. The van der Waals surface area contributed by atoms with E-state index in [9.17, 15) is 9.90 Å². The van der Waals surface area contributed by atoms with Crippen molar-refractivity contribution in [2.75, 3.05) is 19.6 Å². The van der Waals surface area contributed by atoms with E-state index in [0.717, 1.165) is 31.5 Å². The standard InChI is InChI=1S/C17H28N4O2/c1-20-11-14(10-18-20)17(13-8-15(22)9-13)19-16(23)12-21-6-4-2-3-5-7-21/h10-11,13,15,17,22H,2-9,12H2,1H3,(H,19,23)/t13?,15?,17-/m0/s1. The van der Waals surface area contributed by atoms with Crippen LogP contribution in [0.5, 0.6) is 0 Å². The number of nitrogens with zero attached hydrogens (tertiary/aromatic N) is 3. The molecule has 1 aliphatic carbocycles. The van der Waals surface area contributed by atoms with Crippen molar-refractivity contribution in [3.05, 3.63) is 18.0 Å². The largest absolute Gasteiger partial charge is 0.393 e. The summed E-state index contributed by atoms with van der Waals surface area (Å²) in [4.78, 5) is 14.8. The Bertz CT molecular complexity index is 516. The van der Waals surface area contributed by atoms with E-state index in [4.69, 9.17) is 0 Å². The lowest BCUT2D eigenvalue weighted by molar-refractivity contribution is -0.124. The van der Waals surface area contributed by atoms with Crippen LogP contribution in [0.25, 0.3) is 0 Å². The Hall–Kier alpha value is -1.40. The Labute approximate surface area is 137 Å². The fraction of sp³-hybridized carbons (Fsp3) is 0.765. The molecule has 3 rings (SSSR count). The second kappa shape index (κ2) is 7.45. The highest BCUT2D eigenvalue weighted by Crippen LogP contribution is 2.37. The van der Waals surface area contributed by atoms with Crippen LogP contribution in [0, 0.1) is 5.92 Å². The number of hydrogen-bond acceptors (Lipinski definition) is 4. The van der Waals surface area contributed by atoms with Crippen molar-refractivity contribution in [1.82, 2.24) is 20.0 Å². The fourth-order valence-electron chi connectivity index (χ4n) is 3.69. The van der Waals surface area contributed by atoms with Crippen molar-refractivity contribution in [2.45, 2.75) is 50.7 Å². The topological polar surface area (TPSA) is 70.4 Å². The summed E-state index contributed by atoms with van der Waals surface area (Å²) in [6.07, 6.45) is 9.99. The van der Waals surface area contributed by atoms with E-state index in [-0.39, 0.29) is 18.1 Å². The van der Waals surface area contributed by atoms with Gasteiger partial charge in [-0.15, -0.1) is 0 Å². The molecular formula is C17H28N4O2. The highest BCUT2D eigenvalue weighted by molar-refractivity contribution is 5.78. The molecule has 2 heterocycles. The van der Waals surface area contributed by atoms with Crippen LogP contribution >= 0.6 is 0 Å². The van der Waals surface area contributed by atoms with Crippen LogP contribution in [0.3, 0.4) is 0 Å². The number of aliphatic hydroxyl groups excluding tert-OH is 1. The van der Waals surface area contributed by atoms with Gasteiger partial charge in [0.15, 0.2) is 0 Å². The van der Waals surface area contributed by atoms with Gasteiger partial charge in [0.25, 0.3) is 0 Å². The van der Waals surface area contributed by atoms with Crippen LogP contribution in [0.1, 0.15) is 50.1 Å². The number of carbonyl (C=O) groups excluding carboxylic acids is 1. The first-order valence-corrected chi connectivity index (χ1v) is 8.80. The monoisotopic (exact) mass is 320 g/mol. The van der Waals surface area contributed by atoms with E-state index >= 15 is 0 Å². The Morgan fingerprint density at radius 1 is 1.35 bits per heavy atom. The Morgan fingerprint density at radius 2 is 2.04 bits per heavy atom. The van der Waals surface area contributed by atoms with Crippen LogP contribution in [-0.2, 0) is 11.8 Å². The molecule has 1 aliphatic heterocycles. The maximum Gasteiger partial charge on any atom is 0.234 e. The van der Waals surface area contributed by atoms with Gasteiger partial charge in [0, 0.05) is 18.8 Å². The lowest BCUT2D eigenvalue weighted by atomic mass is 9.75. The van der Waals surface area contributed by atoms with Gasteiger partial charge in [-0.05, 0) is 44.7 Å². The van der Waals surface area contributed by atoms with E-state index in [1.54, 1.807) is 4.68 Å². The zero-order valence-electron chi connectivity index (χ0n) is 13.9. The number of amides is 1. The maximum atomic E-state index is 12.5. The third kappa shape index (κ3) is 4.32. The summed E-state index contributed by atoms with van der Waals surface area (Å²) < 4.78 is 1.76. The second-order valence-corrected chi connectivity index (χ2v) is 7.07. The first-order chi connectivity index (χ1) is 11.1. The average molecular weight is 320 g/mol. The van der Waals surface area contributed by atoms with Crippen molar-refractivity contribution < 1.29 is 9.90 Å². The number of likely N-dealkylation sites (tertiary alicyclic amines) is 1. The molecule has 6 heteroatoms. The first kappa shape index (κ1) is 16.5. The van der Waals surface area contributed by atoms with Gasteiger partial charge in [-0.3, -0.25) is 14.4 Å². The van der Waals surface area contributed by atoms with Crippen LogP contribution in [-0.4, -0.2) is 51.4 Å². The summed E-state index contributed by atoms with van der Waals surface area (Å²) in [7, 11) is 1.88. The van der Waals surface area contributed by atoms with E-state index in [1.807, 2.05) is 19.4 Å². The van der Waals surface area contributed by atoms with Gasteiger partial charge in [-0.25, -0.2) is 0 Å². The maximum absolute atomic E-state index is 12.5. The molecule has 2 aliphatic rings. The molecule has 1 saturated carbocycles. The molecule has 128 valence electrons. The third-order valence-electron chi connectivity index (χ3n) is 5.09. The highest BCUT2D eigenvalue weighted by Gasteiger charge is 2.36. The van der Waals surface area contributed by atoms with E-state index in [0.29, 0.717) is 12.5 Å². The van der Waals surface area contributed by atoms with Crippen molar-refractivity contribution >= 4 is 5.91 Å². The number of aryl methyl sites for hydroxylation is 1. The average Bonchev–Trinajstić information content (AvgIpc) is 2.75. The highest BCUT2D eigenvalue weighted by atomic mass is 16.3. The molecule has 0 radical (unpaired) electrons. The lowest BCUT2D eigenvalue weighted by Gasteiger charge is -2.38. The molecule has 6 nitrogen and oxygen atoms in total. The molecule has 2 fully saturated rings. The molecule has 0 spiro atoms. The van der Waals surface area contributed by atoms with Gasteiger partial charge in [0.1, 0.15) is 0 Å². The van der Waals surface area contributed by atoms with Gasteiger partial charge < -0.3 is 10.4 Å². The van der Waals surface area contributed by atoms with Crippen LogP contribution in [0.2, 0.25) is 0 Å². The Kier molecular flexibility index (Phi) is 5.33. The summed E-state index contributed by atoms with van der Waals surface area (Å²) >= 11 is 0. The summed E-state index contributed by atoms with van der Waals surface area (Å²) in [5, 5.41) is 17.0. The molecular weight excluding hydrogens is 292 g/mol. The van der Waals surface area contributed by atoms with E-state index in [2.05, 4.69) is 15.3 Å². The number of nitrogens with one attached hydrogen (secondary N) is 1. The second-order valence-electron chi connectivity index (χ2n) is 7.07. The minimum absolute atomic E-state index is 0.0356. The molecule has 1 saturated heterocycles. The van der Waals surface area contributed by atoms with Crippen LogP contribution in [0.4, 0.5) is 0 Å². The molecule has 1 aromatic heterocycles. The smallest absolute Gasteiger partial charge is 0.234 e. The van der Waals surface area contributed by atoms with Gasteiger partial charge in [0.05, 0.1) is 24.9 Å². The zero-order chi connectivity index (χ0) is 16.2. The van der Waals surface area contributed by atoms with Crippen LogP contribution < -0.4 is 5.32 Å². The normalized spacial score (nSPS) is 27.0. The Morgan fingerprint density at radius 3 is 2.61 bits per heavy atom. The number of rotatable bonds is 5. The number of aromatic nitrogens is 2. The molecule has 23 heavy (non-hydrogen) atoms. The fourth-order valence-corrected chi connectivity index (χ4v) is 3.69. The predicted octanol–water partition coefficient (Wildman–Crippen LogP) is 1.22. The number of carbonyl (C=O) groups is 1. The summed E-state index contributed by atoms with van der Waals surface area (Å²) in [6, 6.07) is -0.0356. The van der Waals surface area contributed by atoms with Gasteiger partial charge in [-0.2, -0.15) is 5.10 Å². The first-order valence-electron chi connectivity index (χ1n) is 8.80. The number of hydrogen-bond donors (Lipinski definition) is 2. The van der Waals surface area contributed by atoms with Crippen molar-refractivity contribution in [1.29, 1.82) is 0 Å². The Balaban J connectivity index is 1.59. The number of aliphatic hydroxyl groups is 1. The molecule has 1 aromatic rings. The van der Waals surface area contributed by atoms with Crippen molar-refractivity contribution in [2.24, 2.45) is 13.0 Å². The molecule has 0 bridgehead atoms. The SMILES string of the molecule is Cn1cc([C@@H](NC(=O)CN2CCCCCC2)C2CC(O)C2)cn1. The molecule has 1 amide bonds. The molecule has 1 atom stereocenters. The van der Waals surface area contributed by atoms with Gasteiger partial charge >= 0.3 is 0 Å². The third-order valence-corrected chi connectivity index (χ3v) is 5.09. The summed E-state index contributed by atoms with van der Waals surface area (Å²) in [5.41, 5.74) is 1.04. The molecule has 0 aromatic carbocycles. The summed E-state index contributed by atoms with van der Waals surface area (Å²) in [6.45, 7) is 2.52. The van der Waals surface area contributed by atoms with Crippen molar-refractivity contribution in [3.8, 4) is 0 Å². The van der Waals surface area contributed by atoms with Gasteiger partial charge in [0.2, 0.25) is 5.91 Å². The van der Waals surface area contributed by atoms with E-state index in [1.165, 1.54) is 25.7 Å².